The molecule has 2 rings (SSSR count). The first-order chi connectivity index (χ1) is 12.9. The van der Waals surface area contributed by atoms with Gasteiger partial charge in [0.25, 0.3) is 14.4 Å². The van der Waals surface area contributed by atoms with Gasteiger partial charge in [0.15, 0.2) is 0 Å². The van der Waals surface area contributed by atoms with Crippen molar-refractivity contribution in [1.29, 1.82) is 0 Å². The number of sulfonamides is 2. The summed E-state index contributed by atoms with van der Waals surface area (Å²) in [6.45, 7) is 4.56. The van der Waals surface area contributed by atoms with Gasteiger partial charge in [-0.1, -0.05) is 11.3 Å². The van der Waals surface area contributed by atoms with Crippen molar-refractivity contribution in [2.75, 3.05) is 17.1 Å². The molecular weight excluding hydrogens is 430 g/mol. The lowest BCUT2D eigenvalue weighted by Gasteiger charge is -2.14. The highest BCUT2D eigenvalue weighted by Crippen LogP contribution is 2.30. The maximum absolute atomic E-state index is 12.6. The molecule has 1 aromatic carbocycles. The minimum Gasteiger partial charge on any atom is -0.495 e. The molecule has 28 heavy (non-hydrogen) atoms. The fourth-order valence-electron chi connectivity index (χ4n) is 2.02. The van der Waals surface area contributed by atoms with Crippen LogP contribution in [-0.2, 0) is 24.8 Å². The molecule has 0 aliphatic rings. The molecule has 0 saturated heterocycles. The molecule has 0 bridgehead atoms. The van der Waals surface area contributed by atoms with Crippen LogP contribution < -0.4 is 19.5 Å². The molecule has 0 radical (unpaired) electrons. The lowest BCUT2D eigenvalue weighted by molar-refractivity contribution is -0.114. The quantitative estimate of drug-likeness (QED) is 0.504. The Hall–Kier alpha value is -2.29. The van der Waals surface area contributed by atoms with Gasteiger partial charge in [-0.15, -0.1) is 10.2 Å². The maximum Gasteiger partial charge on any atom is 0.291 e. The van der Waals surface area contributed by atoms with E-state index >= 15 is 0 Å². The van der Waals surface area contributed by atoms with Crippen molar-refractivity contribution in [3.8, 4) is 5.75 Å². The van der Waals surface area contributed by atoms with Crippen LogP contribution in [0.2, 0.25) is 0 Å². The van der Waals surface area contributed by atoms with Crippen LogP contribution in [0.25, 0.3) is 0 Å². The minimum absolute atomic E-state index is 0.0114. The zero-order valence-electron chi connectivity index (χ0n) is 15.4. The average Bonchev–Trinajstić information content (AvgIpc) is 3.02. The first-order valence-corrected chi connectivity index (χ1v) is 11.6. The van der Waals surface area contributed by atoms with Crippen molar-refractivity contribution in [2.24, 2.45) is 0 Å². The predicted molar refractivity (Wildman–Crippen MR) is 103 cm³/mol. The smallest absolute Gasteiger partial charge is 0.291 e. The van der Waals surface area contributed by atoms with Gasteiger partial charge in [0.05, 0.1) is 17.7 Å². The monoisotopic (exact) mass is 449 g/mol. The number of hydrogen-bond donors (Lipinski definition) is 3. The molecule has 0 aliphatic heterocycles. The number of methoxy groups -OCH3 is 1. The largest absolute Gasteiger partial charge is 0.495 e. The summed E-state index contributed by atoms with van der Waals surface area (Å²) in [4.78, 5) is 10.9. The van der Waals surface area contributed by atoms with Crippen LogP contribution in [0.15, 0.2) is 27.4 Å². The maximum atomic E-state index is 12.6. The highest BCUT2D eigenvalue weighted by molar-refractivity contribution is 7.94. The van der Waals surface area contributed by atoms with E-state index in [-0.39, 0.29) is 27.5 Å². The highest BCUT2D eigenvalue weighted by Gasteiger charge is 2.24. The third-order valence-electron chi connectivity index (χ3n) is 3.04. The van der Waals surface area contributed by atoms with Crippen LogP contribution in [-0.4, -0.2) is 46.1 Å². The third kappa shape index (κ3) is 5.37. The molecule has 154 valence electrons. The molecule has 0 spiro atoms. The highest BCUT2D eigenvalue weighted by atomic mass is 32.2. The number of nitrogens with one attached hydrogen (secondary N) is 3. The average molecular weight is 450 g/mol. The van der Waals surface area contributed by atoms with Crippen molar-refractivity contribution in [3.63, 3.8) is 0 Å². The van der Waals surface area contributed by atoms with Gasteiger partial charge in [-0.3, -0.25) is 9.52 Å². The van der Waals surface area contributed by atoms with Gasteiger partial charge in [0, 0.05) is 13.0 Å². The summed E-state index contributed by atoms with van der Waals surface area (Å²) in [5.74, 6) is -0.316. The van der Waals surface area contributed by atoms with Gasteiger partial charge in [0.1, 0.15) is 5.75 Å². The number of aromatic nitrogens is 2. The second-order valence-electron chi connectivity index (χ2n) is 5.80. The molecule has 1 amide bonds. The number of hydrogen-bond acceptors (Lipinski definition) is 9. The normalized spacial score (nSPS) is 12.0. The lowest BCUT2D eigenvalue weighted by atomic mass is 10.3. The first-order valence-electron chi connectivity index (χ1n) is 7.79. The van der Waals surface area contributed by atoms with Gasteiger partial charge < -0.3 is 10.1 Å². The Kier molecular flexibility index (Phi) is 6.59. The molecule has 1 aromatic heterocycles. The van der Waals surface area contributed by atoms with Crippen molar-refractivity contribution in [1.82, 2.24) is 14.9 Å². The van der Waals surface area contributed by atoms with Crippen molar-refractivity contribution in [3.05, 3.63) is 18.2 Å². The van der Waals surface area contributed by atoms with Crippen LogP contribution in [0.1, 0.15) is 20.8 Å². The second kappa shape index (κ2) is 8.38. The van der Waals surface area contributed by atoms with Crippen LogP contribution in [0.5, 0.6) is 5.75 Å². The van der Waals surface area contributed by atoms with Gasteiger partial charge in [0.2, 0.25) is 21.1 Å². The summed E-state index contributed by atoms with van der Waals surface area (Å²) in [5.41, 5.74) is -0.0922. The lowest BCUT2D eigenvalue weighted by Crippen LogP contribution is -2.30. The Balaban J connectivity index is 2.39. The third-order valence-corrected chi connectivity index (χ3v) is 7.26. The minimum atomic E-state index is -4.20. The summed E-state index contributed by atoms with van der Waals surface area (Å²) < 4.78 is 59.2. The number of carbonyl (C=O) groups is 1. The summed E-state index contributed by atoms with van der Waals surface area (Å²) in [6.07, 6.45) is 0. The second-order valence-corrected chi connectivity index (χ2v) is 10.3. The molecule has 3 N–H and O–H groups in total. The number of benzene rings is 1. The van der Waals surface area contributed by atoms with Gasteiger partial charge in [-0.05, 0) is 32.0 Å². The molecule has 14 heteroatoms. The zero-order chi connectivity index (χ0) is 21.1. The number of anilines is 2. The number of nitrogens with zero attached hydrogens (tertiary/aromatic N) is 2. The zero-order valence-corrected chi connectivity index (χ0v) is 17.8. The van der Waals surface area contributed by atoms with Crippen LogP contribution >= 0.6 is 11.3 Å². The fraction of sp³-hybridized carbons (Fsp3) is 0.357. The van der Waals surface area contributed by atoms with E-state index < -0.39 is 30.3 Å². The topological polar surface area (TPSA) is 156 Å². The Morgan fingerprint density at radius 1 is 1.14 bits per heavy atom. The molecule has 0 atom stereocenters. The first kappa shape index (κ1) is 22.0. The van der Waals surface area contributed by atoms with E-state index in [1.807, 2.05) is 0 Å². The summed E-state index contributed by atoms with van der Waals surface area (Å²) in [6, 6.07) is 3.41. The summed E-state index contributed by atoms with van der Waals surface area (Å²) in [5, 5.41) is 9.46. The number of amides is 1. The van der Waals surface area contributed by atoms with Gasteiger partial charge in [-0.2, -0.15) is 8.42 Å². The standard InChI is InChI=1S/C14H19N5O6S3/c1-8(2)18-27(21,22)10-5-6-12(25-4)11(7-10)19-28(23,24)14-17-16-13(26-14)15-9(3)20/h5-8,18-19H,1-4H3,(H,15,16,20). The Morgan fingerprint density at radius 3 is 2.39 bits per heavy atom. The van der Waals surface area contributed by atoms with Crippen molar-refractivity contribution < 1.29 is 26.4 Å². The molecule has 0 aliphatic carbocycles. The Labute approximate surface area is 166 Å². The number of rotatable bonds is 8. The van der Waals surface area contributed by atoms with E-state index in [9.17, 15) is 21.6 Å². The van der Waals surface area contributed by atoms with E-state index in [2.05, 4.69) is 25.0 Å². The van der Waals surface area contributed by atoms with E-state index in [4.69, 9.17) is 4.74 Å². The Morgan fingerprint density at radius 2 is 1.82 bits per heavy atom. The number of ether oxygens (including phenoxy) is 1. The molecule has 1 heterocycles. The molecular formula is C14H19N5O6S3. The molecule has 0 unspecified atom stereocenters. The molecule has 2 aromatic rings. The van der Waals surface area contributed by atoms with E-state index in [1.54, 1.807) is 13.8 Å². The van der Waals surface area contributed by atoms with Crippen LogP contribution in [0.3, 0.4) is 0 Å². The van der Waals surface area contributed by atoms with Gasteiger partial charge >= 0.3 is 0 Å². The van der Waals surface area contributed by atoms with E-state index in [0.717, 1.165) is 6.07 Å². The Bertz CT molecular complexity index is 1080. The molecule has 0 saturated carbocycles. The van der Waals surface area contributed by atoms with E-state index in [0.29, 0.717) is 11.3 Å². The van der Waals surface area contributed by atoms with Gasteiger partial charge in [-0.25, -0.2) is 13.1 Å². The SMILES string of the molecule is COc1ccc(S(=O)(=O)NC(C)C)cc1NS(=O)(=O)c1nnc(NC(C)=O)s1. The van der Waals surface area contributed by atoms with E-state index in [1.165, 1.54) is 26.2 Å². The molecule has 11 nitrogen and oxygen atoms in total. The summed E-state index contributed by atoms with van der Waals surface area (Å²) >= 11 is 0.643. The molecule has 0 fully saturated rings. The fourth-order valence-corrected chi connectivity index (χ4v) is 5.31. The van der Waals surface area contributed by atoms with Crippen molar-refractivity contribution >= 4 is 48.1 Å². The summed E-state index contributed by atoms with van der Waals surface area (Å²) in [7, 11) is -6.73. The van der Waals surface area contributed by atoms with Crippen LogP contribution in [0.4, 0.5) is 10.8 Å². The van der Waals surface area contributed by atoms with Crippen molar-refractivity contribution in [2.45, 2.75) is 36.0 Å². The number of carbonyl (C=O) groups excluding carboxylic acids is 1. The predicted octanol–water partition coefficient (Wildman–Crippen LogP) is 0.993. The van der Waals surface area contributed by atoms with Crippen LogP contribution in [0, 0.1) is 0 Å².